The number of unbranched alkanes of at least 4 members (excludes halogenated alkanes) is 1. The van der Waals surface area contributed by atoms with E-state index >= 15 is 0 Å². The molecule has 0 aliphatic heterocycles. The molecule has 0 heterocycles. The Hall–Kier alpha value is -0.530. The molecule has 2 nitrogen and oxygen atoms in total. The van der Waals surface area contributed by atoms with Crippen molar-refractivity contribution in [2.24, 2.45) is 17.8 Å². The van der Waals surface area contributed by atoms with Gasteiger partial charge in [-0.25, -0.2) is 0 Å². The maximum Gasteiger partial charge on any atom is 0.302 e. The molecule has 0 aliphatic rings. The summed E-state index contributed by atoms with van der Waals surface area (Å²) in [5.74, 6) is 1.98. The van der Waals surface area contributed by atoms with Gasteiger partial charge in [-0.15, -0.1) is 0 Å². The molecule has 4 atom stereocenters. The third kappa shape index (κ3) is 10.3. The zero-order chi connectivity index (χ0) is 15.5. The van der Waals surface area contributed by atoms with Gasteiger partial charge >= 0.3 is 5.97 Å². The summed E-state index contributed by atoms with van der Waals surface area (Å²) in [6, 6.07) is 0. The molecular formula is C18H36O2. The first-order valence-corrected chi connectivity index (χ1v) is 8.54. The Morgan fingerprint density at radius 3 is 2.00 bits per heavy atom. The Bertz CT molecular complexity index is 250. The molecule has 0 saturated heterocycles. The minimum atomic E-state index is -0.164. The Balaban J connectivity index is 3.74. The number of hydrogen-bond donors (Lipinski definition) is 0. The second kappa shape index (κ2) is 11.2. The first-order valence-electron chi connectivity index (χ1n) is 8.54. The van der Waals surface area contributed by atoms with E-state index in [0.717, 1.165) is 18.3 Å². The summed E-state index contributed by atoms with van der Waals surface area (Å²) in [6.45, 7) is 12.7. The van der Waals surface area contributed by atoms with Crippen molar-refractivity contribution in [1.29, 1.82) is 0 Å². The second-order valence-corrected chi connectivity index (χ2v) is 6.81. The summed E-state index contributed by atoms with van der Waals surface area (Å²) < 4.78 is 5.24. The Labute approximate surface area is 126 Å². The van der Waals surface area contributed by atoms with Crippen LogP contribution in [0.1, 0.15) is 86.5 Å². The van der Waals surface area contributed by atoms with E-state index in [-0.39, 0.29) is 12.1 Å². The van der Waals surface area contributed by atoms with Gasteiger partial charge in [0, 0.05) is 6.92 Å². The summed E-state index contributed by atoms with van der Waals surface area (Å²) in [6.07, 6.45) is 9.15. The molecule has 120 valence electrons. The third-order valence-corrected chi connectivity index (χ3v) is 4.36. The highest BCUT2D eigenvalue weighted by Gasteiger charge is 2.15. The number of ether oxygens (including phenoxy) is 1. The van der Waals surface area contributed by atoms with Crippen LogP contribution in [0.4, 0.5) is 0 Å². The van der Waals surface area contributed by atoms with Gasteiger partial charge in [0.05, 0.1) is 0 Å². The van der Waals surface area contributed by atoms with Crippen molar-refractivity contribution < 1.29 is 9.53 Å². The van der Waals surface area contributed by atoms with Crippen LogP contribution in [-0.2, 0) is 9.53 Å². The Morgan fingerprint density at radius 2 is 1.50 bits per heavy atom. The molecule has 0 bridgehead atoms. The van der Waals surface area contributed by atoms with Crippen molar-refractivity contribution in [2.75, 3.05) is 0 Å². The molecule has 0 aromatic carbocycles. The van der Waals surface area contributed by atoms with Crippen LogP contribution in [0.3, 0.4) is 0 Å². The van der Waals surface area contributed by atoms with E-state index in [4.69, 9.17) is 4.74 Å². The fourth-order valence-corrected chi connectivity index (χ4v) is 2.88. The third-order valence-electron chi connectivity index (χ3n) is 4.36. The van der Waals surface area contributed by atoms with Gasteiger partial charge < -0.3 is 4.74 Å². The second-order valence-electron chi connectivity index (χ2n) is 6.81. The van der Waals surface area contributed by atoms with Crippen LogP contribution in [0, 0.1) is 17.8 Å². The van der Waals surface area contributed by atoms with E-state index < -0.39 is 0 Å². The molecule has 0 fully saturated rings. The maximum absolute atomic E-state index is 10.9. The highest BCUT2D eigenvalue weighted by Crippen LogP contribution is 2.23. The summed E-state index contributed by atoms with van der Waals surface area (Å²) in [7, 11) is 0. The van der Waals surface area contributed by atoms with Gasteiger partial charge in [-0.2, -0.15) is 0 Å². The van der Waals surface area contributed by atoms with Gasteiger partial charge in [0.25, 0.3) is 0 Å². The van der Waals surface area contributed by atoms with Crippen molar-refractivity contribution in [2.45, 2.75) is 92.6 Å². The van der Waals surface area contributed by atoms with E-state index in [0.29, 0.717) is 5.92 Å². The van der Waals surface area contributed by atoms with Gasteiger partial charge in [-0.3, -0.25) is 4.79 Å². The van der Waals surface area contributed by atoms with E-state index in [1.54, 1.807) is 0 Å². The van der Waals surface area contributed by atoms with E-state index in [2.05, 4.69) is 27.7 Å². The molecule has 20 heavy (non-hydrogen) atoms. The van der Waals surface area contributed by atoms with E-state index in [1.807, 2.05) is 6.92 Å². The lowest BCUT2D eigenvalue weighted by molar-refractivity contribution is -0.147. The molecule has 2 heteroatoms. The monoisotopic (exact) mass is 284 g/mol. The van der Waals surface area contributed by atoms with Crippen LogP contribution >= 0.6 is 0 Å². The lowest BCUT2D eigenvalue weighted by Crippen LogP contribution is -2.20. The standard InChI is InChI=1S/C18H36O2/c1-7-8-10-14(2)13-15(3)11-9-12-16(4)17(5)20-18(6)19/h14-17H,7-13H2,1-6H3. The quantitative estimate of drug-likeness (QED) is 0.462. The van der Waals surface area contributed by atoms with Gasteiger partial charge in [-0.1, -0.05) is 59.8 Å². The topological polar surface area (TPSA) is 26.3 Å². The van der Waals surface area contributed by atoms with Crippen LogP contribution < -0.4 is 0 Å². The number of rotatable bonds is 11. The van der Waals surface area contributed by atoms with Crippen LogP contribution in [0.15, 0.2) is 0 Å². The maximum atomic E-state index is 10.9. The summed E-state index contributed by atoms with van der Waals surface area (Å²) >= 11 is 0. The molecule has 0 amide bonds. The number of hydrogen-bond acceptors (Lipinski definition) is 2. The smallest absolute Gasteiger partial charge is 0.302 e. The molecule has 0 spiro atoms. The minimum Gasteiger partial charge on any atom is -0.463 e. The zero-order valence-electron chi connectivity index (χ0n) is 14.6. The van der Waals surface area contributed by atoms with Crippen molar-refractivity contribution in [3.63, 3.8) is 0 Å². The van der Waals surface area contributed by atoms with E-state index in [1.165, 1.54) is 45.4 Å². The lowest BCUT2D eigenvalue weighted by atomic mass is 9.88. The van der Waals surface area contributed by atoms with Gasteiger partial charge in [0.2, 0.25) is 0 Å². The lowest BCUT2D eigenvalue weighted by Gasteiger charge is -2.21. The molecule has 0 aliphatic carbocycles. The van der Waals surface area contributed by atoms with Crippen molar-refractivity contribution in [3.8, 4) is 0 Å². The fraction of sp³-hybridized carbons (Fsp3) is 0.944. The predicted octanol–water partition coefficient (Wildman–Crippen LogP) is 5.60. The number of carbonyl (C=O) groups is 1. The zero-order valence-corrected chi connectivity index (χ0v) is 14.6. The summed E-state index contributed by atoms with van der Waals surface area (Å²) in [5, 5.41) is 0. The average molecular weight is 284 g/mol. The average Bonchev–Trinajstić information content (AvgIpc) is 2.35. The molecule has 4 unspecified atom stereocenters. The fourth-order valence-electron chi connectivity index (χ4n) is 2.88. The van der Waals surface area contributed by atoms with Crippen LogP contribution in [0.5, 0.6) is 0 Å². The van der Waals surface area contributed by atoms with Gasteiger partial charge in [0.15, 0.2) is 0 Å². The molecule has 0 aromatic heterocycles. The number of carbonyl (C=O) groups excluding carboxylic acids is 1. The first-order chi connectivity index (χ1) is 9.36. The normalized spacial score (nSPS) is 17.3. The summed E-state index contributed by atoms with van der Waals surface area (Å²) in [4.78, 5) is 10.9. The van der Waals surface area contributed by atoms with Crippen LogP contribution in [0.2, 0.25) is 0 Å². The van der Waals surface area contributed by atoms with Gasteiger partial charge in [0.1, 0.15) is 6.10 Å². The summed E-state index contributed by atoms with van der Waals surface area (Å²) in [5.41, 5.74) is 0. The van der Waals surface area contributed by atoms with Crippen LogP contribution in [-0.4, -0.2) is 12.1 Å². The molecule has 0 rings (SSSR count). The SMILES string of the molecule is CCCCC(C)CC(C)CCCC(C)C(C)OC(C)=O. The highest BCUT2D eigenvalue weighted by atomic mass is 16.5. The molecular weight excluding hydrogens is 248 g/mol. The van der Waals surface area contributed by atoms with Crippen LogP contribution in [0.25, 0.3) is 0 Å². The van der Waals surface area contributed by atoms with Crippen molar-refractivity contribution >= 4 is 5.97 Å². The Kier molecular flexibility index (Phi) is 10.9. The van der Waals surface area contributed by atoms with Gasteiger partial charge in [-0.05, 0) is 37.5 Å². The highest BCUT2D eigenvalue weighted by molar-refractivity contribution is 5.66. The van der Waals surface area contributed by atoms with Crippen molar-refractivity contribution in [3.05, 3.63) is 0 Å². The largest absolute Gasteiger partial charge is 0.463 e. The Morgan fingerprint density at radius 1 is 0.950 bits per heavy atom. The molecule has 0 aromatic rings. The van der Waals surface area contributed by atoms with E-state index in [9.17, 15) is 4.79 Å². The minimum absolute atomic E-state index is 0.0475. The molecule has 0 radical (unpaired) electrons. The molecule has 0 N–H and O–H groups in total. The predicted molar refractivity (Wildman–Crippen MR) is 86.7 cm³/mol. The first kappa shape index (κ1) is 19.5. The number of esters is 1. The molecule has 0 saturated carbocycles. The van der Waals surface area contributed by atoms with Crippen molar-refractivity contribution in [1.82, 2.24) is 0 Å².